The van der Waals surface area contributed by atoms with E-state index in [0.717, 1.165) is 24.2 Å². The van der Waals surface area contributed by atoms with E-state index in [0.29, 0.717) is 6.04 Å². The number of hydrogen-bond donors (Lipinski definition) is 1. The third-order valence-corrected chi connectivity index (χ3v) is 4.56. The molecule has 3 rings (SSSR count). The predicted octanol–water partition coefficient (Wildman–Crippen LogP) is 4.31. The van der Waals surface area contributed by atoms with Crippen LogP contribution in [0.5, 0.6) is 0 Å². The summed E-state index contributed by atoms with van der Waals surface area (Å²) in [6.07, 6.45) is 7.30. The second kappa shape index (κ2) is 7.07. The van der Waals surface area contributed by atoms with Crippen molar-refractivity contribution in [1.29, 1.82) is 0 Å². The van der Waals surface area contributed by atoms with E-state index >= 15 is 0 Å². The Hall–Kier alpha value is -2.30. The Labute approximate surface area is 143 Å². The summed E-state index contributed by atoms with van der Waals surface area (Å²) in [7, 11) is 0. The van der Waals surface area contributed by atoms with Crippen molar-refractivity contribution in [2.75, 3.05) is 0 Å². The first-order valence-electron chi connectivity index (χ1n) is 8.60. The van der Waals surface area contributed by atoms with Crippen molar-refractivity contribution < 1.29 is 9.21 Å². The zero-order valence-corrected chi connectivity index (χ0v) is 14.5. The number of nitrogens with zero attached hydrogens (tertiary/aromatic N) is 2. The van der Waals surface area contributed by atoms with E-state index < -0.39 is 0 Å². The summed E-state index contributed by atoms with van der Waals surface area (Å²) in [5, 5.41) is 3.21. The SMILES string of the molecule is CC(C)[C@H](NC(=O)N(C1CC1)[C@H](C)c1ccco1)c1ccncc1. The van der Waals surface area contributed by atoms with Crippen LogP contribution in [-0.4, -0.2) is 22.0 Å². The highest BCUT2D eigenvalue weighted by Crippen LogP contribution is 2.35. The van der Waals surface area contributed by atoms with E-state index in [-0.39, 0.29) is 24.0 Å². The number of furan rings is 1. The van der Waals surface area contributed by atoms with Gasteiger partial charge in [-0.15, -0.1) is 0 Å². The van der Waals surface area contributed by atoms with Gasteiger partial charge in [-0.3, -0.25) is 4.98 Å². The predicted molar refractivity (Wildman–Crippen MR) is 92.3 cm³/mol. The summed E-state index contributed by atoms with van der Waals surface area (Å²) >= 11 is 0. The number of nitrogens with one attached hydrogen (secondary N) is 1. The van der Waals surface area contributed by atoms with E-state index in [2.05, 4.69) is 24.1 Å². The molecule has 0 aliphatic heterocycles. The van der Waals surface area contributed by atoms with Gasteiger partial charge in [0.1, 0.15) is 5.76 Å². The van der Waals surface area contributed by atoms with Crippen LogP contribution >= 0.6 is 0 Å². The van der Waals surface area contributed by atoms with Crippen molar-refractivity contribution in [3.8, 4) is 0 Å². The summed E-state index contributed by atoms with van der Waals surface area (Å²) in [4.78, 5) is 19.0. The average molecular weight is 327 g/mol. The van der Waals surface area contributed by atoms with Crippen LogP contribution in [0, 0.1) is 5.92 Å². The smallest absolute Gasteiger partial charge is 0.318 e. The molecule has 2 atom stereocenters. The maximum absolute atomic E-state index is 13.0. The number of pyridine rings is 1. The lowest BCUT2D eigenvalue weighted by atomic mass is 9.97. The molecule has 0 aromatic carbocycles. The molecule has 128 valence electrons. The van der Waals surface area contributed by atoms with E-state index in [1.54, 1.807) is 18.7 Å². The molecule has 5 nitrogen and oxygen atoms in total. The molecule has 0 bridgehead atoms. The molecule has 2 amide bonds. The fourth-order valence-corrected chi connectivity index (χ4v) is 3.09. The standard InChI is InChI=1S/C19H25N3O2/c1-13(2)18(15-8-10-20-11-9-15)21-19(23)22(16-6-7-16)14(3)17-5-4-12-24-17/h4-5,8-14,16,18H,6-7H2,1-3H3,(H,21,23)/t14-,18+/m1/s1. The Kier molecular flexibility index (Phi) is 4.88. The van der Waals surface area contributed by atoms with Gasteiger partial charge in [-0.25, -0.2) is 4.79 Å². The van der Waals surface area contributed by atoms with Gasteiger partial charge in [0, 0.05) is 18.4 Å². The van der Waals surface area contributed by atoms with Crippen molar-refractivity contribution in [3.63, 3.8) is 0 Å². The van der Waals surface area contributed by atoms with Gasteiger partial charge in [0.25, 0.3) is 0 Å². The Morgan fingerprint density at radius 2 is 1.96 bits per heavy atom. The third-order valence-electron chi connectivity index (χ3n) is 4.56. The minimum atomic E-state index is -0.0715. The van der Waals surface area contributed by atoms with Crippen LogP contribution in [0.4, 0.5) is 4.79 Å². The molecule has 1 fully saturated rings. The van der Waals surface area contributed by atoms with Crippen LogP contribution in [0.1, 0.15) is 57.0 Å². The number of aromatic nitrogens is 1. The largest absolute Gasteiger partial charge is 0.467 e. The molecule has 24 heavy (non-hydrogen) atoms. The number of carbonyl (C=O) groups excluding carboxylic acids is 1. The summed E-state index contributed by atoms with van der Waals surface area (Å²) in [6.45, 7) is 6.25. The molecular formula is C19H25N3O2. The number of rotatable bonds is 6. The first kappa shape index (κ1) is 16.6. The highest BCUT2D eigenvalue weighted by Gasteiger charge is 2.38. The molecule has 0 radical (unpaired) electrons. The van der Waals surface area contributed by atoms with Gasteiger partial charge in [-0.05, 0) is 55.5 Å². The first-order chi connectivity index (χ1) is 11.6. The topological polar surface area (TPSA) is 58.4 Å². The average Bonchev–Trinajstić information content (AvgIpc) is 3.25. The second-order valence-electron chi connectivity index (χ2n) is 6.78. The summed E-state index contributed by atoms with van der Waals surface area (Å²) in [6, 6.07) is 7.87. The Balaban J connectivity index is 1.77. The van der Waals surface area contributed by atoms with Crippen molar-refractivity contribution >= 4 is 6.03 Å². The maximum Gasteiger partial charge on any atom is 0.318 e. The van der Waals surface area contributed by atoms with Gasteiger partial charge in [0.15, 0.2) is 0 Å². The van der Waals surface area contributed by atoms with Crippen LogP contribution in [0.3, 0.4) is 0 Å². The summed E-state index contributed by atoms with van der Waals surface area (Å²) in [5.74, 6) is 1.11. The molecule has 1 N–H and O–H groups in total. The van der Waals surface area contributed by atoms with E-state index in [4.69, 9.17) is 4.42 Å². The summed E-state index contributed by atoms with van der Waals surface area (Å²) in [5.41, 5.74) is 1.08. The highest BCUT2D eigenvalue weighted by molar-refractivity contribution is 5.76. The molecule has 2 aromatic rings. The van der Waals surface area contributed by atoms with Gasteiger partial charge in [-0.2, -0.15) is 0 Å². The fraction of sp³-hybridized carbons (Fsp3) is 0.474. The normalized spacial score (nSPS) is 16.7. The molecule has 1 aliphatic rings. The van der Waals surface area contributed by atoms with Crippen molar-refractivity contribution in [3.05, 3.63) is 54.2 Å². The Bertz CT molecular complexity index is 651. The zero-order valence-electron chi connectivity index (χ0n) is 14.5. The lowest BCUT2D eigenvalue weighted by Crippen LogP contribution is -2.45. The second-order valence-corrected chi connectivity index (χ2v) is 6.78. The van der Waals surface area contributed by atoms with Crippen LogP contribution in [-0.2, 0) is 0 Å². The van der Waals surface area contributed by atoms with Gasteiger partial charge < -0.3 is 14.6 Å². The van der Waals surface area contributed by atoms with E-state index in [1.807, 2.05) is 36.1 Å². The van der Waals surface area contributed by atoms with Gasteiger partial charge in [0.05, 0.1) is 18.3 Å². The van der Waals surface area contributed by atoms with Crippen molar-refractivity contribution in [2.24, 2.45) is 5.92 Å². The van der Waals surface area contributed by atoms with Crippen LogP contribution in [0.2, 0.25) is 0 Å². The minimum absolute atomic E-state index is 0.0306. The molecule has 1 aliphatic carbocycles. The minimum Gasteiger partial charge on any atom is -0.467 e. The molecule has 0 unspecified atom stereocenters. The Morgan fingerprint density at radius 3 is 2.50 bits per heavy atom. The van der Waals surface area contributed by atoms with Gasteiger partial charge in [-0.1, -0.05) is 13.8 Å². The van der Waals surface area contributed by atoms with Gasteiger partial charge >= 0.3 is 6.03 Å². The summed E-state index contributed by atoms with van der Waals surface area (Å²) < 4.78 is 5.51. The highest BCUT2D eigenvalue weighted by atomic mass is 16.3. The maximum atomic E-state index is 13.0. The lowest BCUT2D eigenvalue weighted by molar-refractivity contribution is 0.160. The number of carbonyl (C=O) groups is 1. The number of urea groups is 1. The number of hydrogen-bond acceptors (Lipinski definition) is 3. The molecule has 0 spiro atoms. The van der Waals surface area contributed by atoms with E-state index in [9.17, 15) is 4.79 Å². The molecule has 2 heterocycles. The van der Waals surface area contributed by atoms with Crippen LogP contribution in [0.15, 0.2) is 47.3 Å². The monoisotopic (exact) mass is 327 g/mol. The molecule has 2 aromatic heterocycles. The van der Waals surface area contributed by atoms with Crippen molar-refractivity contribution in [2.45, 2.75) is 51.7 Å². The van der Waals surface area contributed by atoms with Crippen molar-refractivity contribution in [1.82, 2.24) is 15.2 Å². The fourth-order valence-electron chi connectivity index (χ4n) is 3.09. The molecule has 0 saturated heterocycles. The Morgan fingerprint density at radius 1 is 1.25 bits per heavy atom. The molecule has 5 heteroatoms. The lowest BCUT2D eigenvalue weighted by Gasteiger charge is -2.32. The quantitative estimate of drug-likeness (QED) is 0.860. The van der Waals surface area contributed by atoms with Crippen LogP contribution < -0.4 is 5.32 Å². The molecule has 1 saturated carbocycles. The number of amides is 2. The molecular weight excluding hydrogens is 302 g/mol. The van der Waals surface area contributed by atoms with Gasteiger partial charge in [0.2, 0.25) is 0 Å². The first-order valence-corrected chi connectivity index (χ1v) is 8.60. The zero-order chi connectivity index (χ0) is 17.1. The van der Waals surface area contributed by atoms with E-state index in [1.165, 1.54) is 0 Å². The van der Waals surface area contributed by atoms with Crippen LogP contribution in [0.25, 0.3) is 0 Å². The third kappa shape index (κ3) is 3.61.